The summed E-state index contributed by atoms with van der Waals surface area (Å²) in [6.07, 6.45) is 8.47. The Bertz CT molecular complexity index is 635. The van der Waals surface area contributed by atoms with E-state index in [9.17, 15) is 9.18 Å². The lowest BCUT2D eigenvalue weighted by molar-refractivity contribution is -0.124. The molecule has 2 aliphatic carbocycles. The molecule has 33 heavy (non-hydrogen) atoms. The van der Waals surface area contributed by atoms with E-state index in [1.54, 1.807) is 0 Å². The van der Waals surface area contributed by atoms with E-state index in [0.717, 1.165) is 52.1 Å². The predicted octanol–water partition coefficient (Wildman–Crippen LogP) is 1.10. The Morgan fingerprint density at radius 1 is 1.06 bits per heavy atom. The average Bonchev–Trinajstić information content (AvgIpc) is 3.52. The number of carbonyl (C=O) groups is 1. The van der Waals surface area contributed by atoms with Gasteiger partial charge in [-0.1, -0.05) is 6.92 Å². The molecule has 0 aromatic carbocycles. The zero-order valence-corrected chi connectivity index (χ0v) is 20.3. The molecule has 0 spiro atoms. The van der Waals surface area contributed by atoms with Crippen LogP contribution in [0.3, 0.4) is 0 Å². The number of likely N-dealkylation sites (tertiary alicyclic amines) is 1. The van der Waals surface area contributed by atoms with Gasteiger partial charge < -0.3 is 26.2 Å². The second-order valence-corrected chi connectivity index (χ2v) is 11.5. The molecule has 0 aromatic rings. The molecule has 0 bridgehead atoms. The number of halogens is 1. The van der Waals surface area contributed by atoms with Gasteiger partial charge in [-0.15, -0.1) is 0 Å². The molecule has 8 unspecified atom stereocenters. The summed E-state index contributed by atoms with van der Waals surface area (Å²) >= 11 is 0. The van der Waals surface area contributed by atoms with E-state index in [1.165, 1.54) is 25.7 Å². The topological polar surface area (TPSA) is 80.5 Å². The number of amides is 1. The van der Waals surface area contributed by atoms with Gasteiger partial charge in [-0.3, -0.25) is 10.1 Å². The van der Waals surface area contributed by atoms with Gasteiger partial charge in [0.25, 0.3) is 0 Å². The summed E-state index contributed by atoms with van der Waals surface area (Å²) in [5.41, 5.74) is 0. The molecule has 3 saturated heterocycles. The maximum absolute atomic E-state index is 14.4. The zero-order chi connectivity index (χ0) is 22.8. The minimum Gasteiger partial charge on any atom is -0.352 e. The lowest BCUT2D eigenvalue weighted by atomic mass is 9.77. The number of piperidine rings is 1. The standard InChI is InChI=1S/C25H45FN6O/c1-16-5-6-22(26)21-12-23(31-24(16)21)25(33)30-18-3-2-4-20(11-18)32-9-7-17(8-10-32)28-14-19-13-27-15-29-19/h16-24,27-29,31H,2-15H2,1H3,(H,30,33). The Morgan fingerprint density at radius 2 is 1.91 bits per heavy atom. The van der Waals surface area contributed by atoms with Gasteiger partial charge in [0, 0.05) is 55.9 Å². The van der Waals surface area contributed by atoms with E-state index in [1.807, 2.05) is 0 Å². The first-order chi connectivity index (χ1) is 16.1. The molecular formula is C25H45FN6O. The van der Waals surface area contributed by atoms with E-state index < -0.39 is 6.17 Å². The van der Waals surface area contributed by atoms with Crippen molar-refractivity contribution in [2.45, 2.75) is 107 Å². The van der Waals surface area contributed by atoms with Crippen molar-refractivity contribution in [3.05, 3.63) is 0 Å². The zero-order valence-electron chi connectivity index (χ0n) is 20.3. The van der Waals surface area contributed by atoms with Crippen molar-refractivity contribution in [1.82, 2.24) is 31.5 Å². The van der Waals surface area contributed by atoms with Gasteiger partial charge in [0.1, 0.15) is 6.17 Å². The smallest absolute Gasteiger partial charge is 0.237 e. The van der Waals surface area contributed by atoms with Gasteiger partial charge in [-0.2, -0.15) is 0 Å². The summed E-state index contributed by atoms with van der Waals surface area (Å²) in [6.45, 7) is 7.55. The maximum atomic E-state index is 14.4. The summed E-state index contributed by atoms with van der Waals surface area (Å²) in [5, 5.41) is 17.4. The number of alkyl halides is 1. The molecule has 1 amide bonds. The fourth-order valence-corrected chi connectivity index (χ4v) is 7.19. The number of carbonyl (C=O) groups excluding carboxylic acids is 1. The predicted molar refractivity (Wildman–Crippen MR) is 129 cm³/mol. The van der Waals surface area contributed by atoms with Crippen LogP contribution in [0.2, 0.25) is 0 Å². The number of hydrogen-bond acceptors (Lipinski definition) is 6. The normalized spacial score (nSPS) is 42.8. The van der Waals surface area contributed by atoms with Crippen LogP contribution in [0.15, 0.2) is 0 Å². The number of nitrogens with zero attached hydrogens (tertiary/aromatic N) is 1. The monoisotopic (exact) mass is 464 g/mol. The van der Waals surface area contributed by atoms with Crippen LogP contribution < -0.4 is 26.6 Å². The quantitative estimate of drug-likeness (QED) is 0.405. The van der Waals surface area contributed by atoms with E-state index in [0.29, 0.717) is 36.9 Å². The summed E-state index contributed by atoms with van der Waals surface area (Å²) in [7, 11) is 0. The summed E-state index contributed by atoms with van der Waals surface area (Å²) < 4.78 is 14.4. The first kappa shape index (κ1) is 23.9. The lowest BCUT2D eigenvalue weighted by Gasteiger charge is -2.42. The molecule has 0 aromatic heterocycles. The van der Waals surface area contributed by atoms with Crippen LogP contribution in [-0.2, 0) is 4.79 Å². The van der Waals surface area contributed by atoms with Crippen molar-refractivity contribution in [3.8, 4) is 0 Å². The Kier molecular flexibility index (Phi) is 7.87. The number of fused-ring (bicyclic) bond motifs is 1. The molecule has 188 valence electrons. The Hall–Kier alpha value is -0.800. The van der Waals surface area contributed by atoms with Crippen LogP contribution in [-0.4, -0.2) is 86.1 Å². The van der Waals surface area contributed by atoms with Gasteiger partial charge in [-0.05, 0) is 76.8 Å². The molecule has 5 fully saturated rings. The largest absolute Gasteiger partial charge is 0.352 e. The van der Waals surface area contributed by atoms with E-state index in [-0.39, 0.29) is 30.0 Å². The van der Waals surface area contributed by atoms with Crippen molar-refractivity contribution < 1.29 is 9.18 Å². The van der Waals surface area contributed by atoms with Crippen LogP contribution in [0.5, 0.6) is 0 Å². The highest BCUT2D eigenvalue weighted by Crippen LogP contribution is 2.38. The van der Waals surface area contributed by atoms with Crippen molar-refractivity contribution in [2.75, 3.05) is 32.8 Å². The summed E-state index contributed by atoms with van der Waals surface area (Å²) in [6, 6.07) is 1.98. The van der Waals surface area contributed by atoms with Crippen LogP contribution in [0.1, 0.15) is 64.7 Å². The number of nitrogens with one attached hydrogen (secondary N) is 5. The van der Waals surface area contributed by atoms with Crippen LogP contribution in [0.4, 0.5) is 4.39 Å². The maximum Gasteiger partial charge on any atom is 0.237 e. The van der Waals surface area contributed by atoms with Gasteiger partial charge in [0.15, 0.2) is 0 Å². The third-order valence-corrected chi connectivity index (χ3v) is 9.25. The fourth-order valence-electron chi connectivity index (χ4n) is 7.19. The second kappa shape index (κ2) is 10.9. The first-order valence-corrected chi connectivity index (χ1v) is 13.7. The van der Waals surface area contributed by atoms with Gasteiger partial charge >= 0.3 is 0 Å². The molecule has 5 N–H and O–H groups in total. The Labute approximate surface area is 198 Å². The number of hydrogen-bond donors (Lipinski definition) is 5. The van der Waals surface area contributed by atoms with Crippen molar-refractivity contribution >= 4 is 5.91 Å². The molecule has 8 atom stereocenters. The molecule has 3 heterocycles. The van der Waals surface area contributed by atoms with E-state index >= 15 is 0 Å². The minimum absolute atomic E-state index is 0.0132. The van der Waals surface area contributed by atoms with Gasteiger partial charge in [0.05, 0.1) is 6.04 Å². The molecule has 3 aliphatic heterocycles. The second-order valence-electron chi connectivity index (χ2n) is 11.5. The Morgan fingerprint density at radius 3 is 2.67 bits per heavy atom. The molecule has 2 saturated carbocycles. The number of rotatable bonds is 6. The third-order valence-electron chi connectivity index (χ3n) is 9.25. The molecule has 5 rings (SSSR count). The average molecular weight is 465 g/mol. The third kappa shape index (κ3) is 5.72. The van der Waals surface area contributed by atoms with Crippen molar-refractivity contribution in [2.24, 2.45) is 11.8 Å². The summed E-state index contributed by atoms with van der Waals surface area (Å²) in [4.78, 5) is 15.7. The highest BCUT2D eigenvalue weighted by molar-refractivity contribution is 5.82. The highest BCUT2D eigenvalue weighted by atomic mass is 19.1. The fraction of sp³-hybridized carbons (Fsp3) is 0.960. The van der Waals surface area contributed by atoms with Gasteiger partial charge in [0.2, 0.25) is 5.91 Å². The minimum atomic E-state index is -0.751. The molecular weight excluding hydrogens is 419 g/mol. The van der Waals surface area contributed by atoms with Crippen LogP contribution in [0.25, 0.3) is 0 Å². The molecule has 8 heteroatoms. The molecule has 5 aliphatic rings. The highest BCUT2D eigenvalue weighted by Gasteiger charge is 2.46. The lowest BCUT2D eigenvalue weighted by Crippen LogP contribution is -2.53. The molecule has 7 nitrogen and oxygen atoms in total. The Balaban J connectivity index is 1.05. The SMILES string of the molecule is CC1CCC(F)C2CC(C(=O)NC3CCCC(N4CCC(NCC5CNCN5)CC4)C3)NC12. The summed E-state index contributed by atoms with van der Waals surface area (Å²) in [5.74, 6) is 0.578. The van der Waals surface area contributed by atoms with Gasteiger partial charge in [-0.25, -0.2) is 4.39 Å². The van der Waals surface area contributed by atoms with Crippen LogP contribution in [0, 0.1) is 11.8 Å². The van der Waals surface area contributed by atoms with Crippen molar-refractivity contribution in [1.29, 1.82) is 0 Å². The van der Waals surface area contributed by atoms with E-state index in [4.69, 9.17) is 0 Å². The first-order valence-electron chi connectivity index (χ1n) is 13.7. The molecule has 0 radical (unpaired) electrons. The van der Waals surface area contributed by atoms with Crippen molar-refractivity contribution in [3.63, 3.8) is 0 Å². The van der Waals surface area contributed by atoms with E-state index in [2.05, 4.69) is 38.4 Å². The van der Waals surface area contributed by atoms with Crippen LogP contribution >= 0.6 is 0 Å².